The molecule has 0 bridgehead atoms. The van der Waals surface area contributed by atoms with Gasteiger partial charge in [0.15, 0.2) is 0 Å². The smallest absolute Gasteiger partial charge is 0.0861 e. The molecule has 1 aromatic heterocycles. The lowest BCUT2D eigenvalue weighted by Crippen LogP contribution is -2.47. The number of nitrogens with zero attached hydrogens (tertiary/aromatic N) is 2. The van der Waals surface area contributed by atoms with Gasteiger partial charge in [-0.1, -0.05) is 30.3 Å². The molecule has 2 aromatic rings. The van der Waals surface area contributed by atoms with Crippen LogP contribution in [0.25, 0.3) is 0 Å². The van der Waals surface area contributed by atoms with Crippen LogP contribution >= 0.6 is 0 Å². The molecule has 2 N–H and O–H groups in total. The molecule has 1 aliphatic rings. The highest BCUT2D eigenvalue weighted by Crippen LogP contribution is 2.44. The molecule has 0 saturated heterocycles. The van der Waals surface area contributed by atoms with Crippen LogP contribution < -0.4 is 5.32 Å². The van der Waals surface area contributed by atoms with Crippen molar-refractivity contribution in [2.45, 2.75) is 38.1 Å². The molecule has 20 heavy (non-hydrogen) atoms. The van der Waals surface area contributed by atoms with Crippen LogP contribution in [0.1, 0.15) is 29.8 Å². The van der Waals surface area contributed by atoms with E-state index in [9.17, 15) is 5.26 Å². The predicted molar refractivity (Wildman–Crippen MR) is 78.4 cm³/mol. The number of H-pyrrole nitrogens is 1. The molecule has 0 spiro atoms. The Balaban J connectivity index is 1.73. The van der Waals surface area contributed by atoms with E-state index >= 15 is 0 Å². The number of nitrogens with one attached hydrogen (secondary N) is 2. The van der Waals surface area contributed by atoms with Crippen LogP contribution in [0.4, 0.5) is 5.69 Å². The first-order chi connectivity index (χ1) is 9.64. The second-order valence-corrected chi connectivity index (χ2v) is 5.62. The number of rotatable bonds is 3. The van der Waals surface area contributed by atoms with Gasteiger partial charge < -0.3 is 5.32 Å². The van der Waals surface area contributed by atoms with Gasteiger partial charge in [-0.25, -0.2) is 0 Å². The molecule has 1 saturated carbocycles. The number of aromatic amines is 1. The second kappa shape index (κ2) is 4.68. The van der Waals surface area contributed by atoms with E-state index in [0.29, 0.717) is 6.04 Å². The fourth-order valence-corrected chi connectivity index (χ4v) is 3.00. The van der Waals surface area contributed by atoms with Gasteiger partial charge in [0.05, 0.1) is 28.6 Å². The lowest BCUT2D eigenvalue weighted by atomic mass is 9.62. The molecule has 1 aliphatic carbocycles. The summed E-state index contributed by atoms with van der Waals surface area (Å²) in [4.78, 5) is 0. The maximum Gasteiger partial charge on any atom is 0.0861 e. The monoisotopic (exact) mass is 266 g/mol. The zero-order valence-corrected chi connectivity index (χ0v) is 11.8. The summed E-state index contributed by atoms with van der Waals surface area (Å²) in [5.74, 6) is 0. The largest absolute Gasteiger partial charge is 0.379 e. The number of hydrogen-bond donors (Lipinski definition) is 2. The van der Waals surface area contributed by atoms with E-state index in [-0.39, 0.29) is 5.41 Å². The maximum absolute atomic E-state index is 9.55. The van der Waals surface area contributed by atoms with E-state index < -0.39 is 0 Å². The van der Waals surface area contributed by atoms with Crippen molar-refractivity contribution in [2.75, 3.05) is 5.32 Å². The zero-order chi connectivity index (χ0) is 14.2. The summed E-state index contributed by atoms with van der Waals surface area (Å²) < 4.78 is 0. The highest BCUT2D eigenvalue weighted by Gasteiger charge is 2.46. The first kappa shape index (κ1) is 12.7. The molecule has 4 nitrogen and oxygen atoms in total. The zero-order valence-electron chi connectivity index (χ0n) is 11.8. The second-order valence-electron chi connectivity index (χ2n) is 5.62. The van der Waals surface area contributed by atoms with Crippen molar-refractivity contribution in [3.05, 3.63) is 47.3 Å². The molecule has 1 fully saturated rings. The summed E-state index contributed by atoms with van der Waals surface area (Å²) in [7, 11) is 0. The molecular weight excluding hydrogens is 248 g/mol. The third kappa shape index (κ3) is 1.96. The van der Waals surface area contributed by atoms with E-state index in [1.807, 2.05) is 44.2 Å². The molecule has 102 valence electrons. The van der Waals surface area contributed by atoms with Gasteiger partial charge in [0, 0.05) is 6.04 Å². The Morgan fingerprint density at radius 3 is 2.55 bits per heavy atom. The number of anilines is 1. The molecule has 3 rings (SSSR count). The Morgan fingerprint density at radius 1 is 1.30 bits per heavy atom. The molecule has 0 radical (unpaired) electrons. The Morgan fingerprint density at radius 2 is 2.00 bits per heavy atom. The van der Waals surface area contributed by atoms with Crippen molar-refractivity contribution in [1.82, 2.24) is 10.2 Å². The third-order valence-electron chi connectivity index (χ3n) is 4.21. The van der Waals surface area contributed by atoms with Gasteiger partial charge in [0.2, 0.25) is 0 Å². The normalized spacial score (nSPS) is 24.8. The highest BCUT2D eigenvalue weighted by atomic mass is 15.2. The lowest BCUT2D eigenvalue weighted by Gasteiger charge is -2.43. The van der Waals surface area contributed by atoms with Crippen LogP contribution in [0.2, 0.25) is 0 Å². The van der Waals surface area contributed by atoms with Gasteiger partial charge >= 0.3 is 0 Å². The summed E-state index contributed by atoms with van der Waals surface area (Å²) in [6.07, 6.45) is 1.69. The molecule has 0 unspecified atom stereocenters. The number of aromatic nitrogens is 2. The van der Waals surface area contributed by atoms with Gasteiger partial charge in [0.25, 0.3) is 0 Å². The van der Waals surface area contributed by atoms with Crippen LogP contribution in [0, 0.1) is 25.2 Å². The topological polar surface area (TPSA) is 64.5 Å². The molecule has 0 amide bonds. The molecule has 1 aromatic carbocycles. The van der Waals surface area contributed by atoms with Gasteiger partial charge in [0.1, 0.15) is 0 Å². The van der Waals surface area contributed by atoms with Crippen molar-refractivity contribution >= 4 is 5.69 Å². The van der Waals surface area contributed by atoms with Crippen molar-refractivity contribution in [3.63, 3.8) is 0 Å². The van der Waals surface area contributed by atoms with Crippen LogP contribution in [0.5, 0.6) is 0 Å². The fraction of sp³-hybridized carbons (Fsp3) is 0.375. The van der Waals surface area contributed by atoms with Crippen LogP contribution in [0.3, 0.4) is 0 Å². The minimum atomic E-state index is -0.329. The SMILES string of the molecule is Cc1n[nH]c(C)c1NC1CC(C#N)(c2ccccc2)C1. The van der Waals surface area contributed by atoms with E-state index in [4.69, 9.17) is 0 Å². The summed E-state index contributed by atoms with van der Waals surface area (Å²) in [5.41, 5.74) is 3.91. The summed E-state index contributed by atoms with van der Waals surface area (Å²) in [6, 6.07) is 12.9. The first-order valence-corrected chi connectivity index (χ1v) is 6.89. The molecule has 1 heterocycles. The number of hydrogen-bond acceptors (Lipinski definition) is 3. The van der Waals surface area contributed by atoms with Crippen molar-refractivity contribution < 1.29 is 0 Å². The minimum Gasteiger partial charge on any atom is -0.379 e. The Labute approximate surface area is 118 Å². The highest BCUT2D eigenvalue weighted by molar-refractivity contribution is 5.53. The van der Waals surface area contributed by atoms with E-state index in [0.717, 1.165) is 35.5 Å². The van der Waals surface area contributed by atoms with Crippen molar-refractivity contribution in [2.24, 2.45) is 0 Å². The van der Waals surface area contributed by atoms with E-state index in [1.54, 1.807) is 0 Å². The molecule has 0 aliphatic heterocycles. The van der Waals surface area contributed by atoms with Gasteiger partial charge in [-0.15, -0.1) is 0 Å². The maximum atomic E-state index is 9.55. The molecular formula is C16H18N4. The van der Waals surface area contributed by atoms with Crippen LogP contribution in [-0.4, -0.2) is 16.2 Å². The summed E-state index contributed by atoms with van der Waals surface area (Å²) in [6.45, 7) is 4.00. The Bertz CT molecular complexity index is 625. The van der Waals surface area contributed by atoms with Crippen molar-refractivity contribution in [3.8, 4) is 6.07 Å². The average Bonchev–Trinajstić information content (AvgIpc) is 2.74. The van der Waals surface area contributed by atoms with E-state index in [2.05, 4.69) is 21.6 Å². The van der Waals surface area contributed by atoms with E-state index in [1.165, 1.54) is 0 Å². The Hall–Kier alpha value is -2.28. The number of benzene rings is 1. The quantitative estimate of drug-likeness (QED) is 0.897. The van der Waals surface area contributed by atoms with Gasteiger partial charge in [-0.05, 0) is 32.3 Å². The summed E-state index contributed by atoms with van der Waals surface area (Å²) >= 11 is 0. The molecule has 4 heteroatoms. The Kier molecular flexibility index (Phi) is 2.98. The predicted octanol–water partition coefficient (Wildman–Crippen LogP) is 3.06. The number of aryl methyl sites for hydroxylation is 2. The standard InChI is InChI=1S/C16H18N4/c1-11-15(12(2)20-19-11)18-14-8-16(9-14,10-17)13-6-4-3-5-7-13/h3-7,14,18H,8-9H2,1-2H3,(H,19,20). The van der Waals surface area contributed by atoms with Gasteiger partial charge in [-0.2, -0.15) is 10.4 Å². The van der Waals surface area contributed by atoms with Crippen LogP contribution in [0.15, 0.2) is 30.3 Å². The van der Waals surface area contributed by atoms with Gasteiger partial charge in [-0.3, -0.25) is 5.10 Å². The summed E-state index contributed by atoms with van der Waals surface area (Å²) in [5, 5.41) is 20.2. The average molecular weight is 266 g/mol. The van der Waals surface area contributed by atoms with Crippen LogP contribution in [-0.2, 0) is 5.41 Å². The lowest BCUT2D eigenvalue weighted by molar-refractivity contribution is 0.289. The third-order valence-corrected chi connectivity index (χ3v) is 4.21. The first-order valence-electron chi connectivity index (χ1n) is 6.89. The fourth-order valence-electron chi connectivity index (χ4n) is 3.00. The molecule has 0 atom stereocenters. The minimum absolute atomic E-state index is 0.329. The number of nitriles is 1. The van der Waals surface area contributed by atoms with Crippen molar-refractivity contribution in [1.29, 1.82) is 5.26 Å².